The Kier molecular flexibility index (Phi) is 4.54. The van der Waals surface area contributed by atoms with Crippen molar-refractivity contribution in [1.29, 1.82) is 0 Å². The maximum absolute atomic E-state index is 11.9. The van der Waals surface area contributed by atoms with Crippen LogP contribution in [0.15, 0.2) is 24.3 Å². The normalized spacial score (nSPS) is 18.0. The summed E-state index contributed by atoms with van der Waals surface area (Å²) in [7, 11) is -2.91. The second kappa shape index (κ2) is 5.81. The smallest absolute Gasteiger partial charge is 0.150 e. The molecular weight excluding hydrogens is 282 g/mol. The first-order valence-corrected chi connectivity index (χ1v) is 8.85. The van der Waals surface area contributed by atoms with Gasteiger partial charge in [-0.05, 0) is 30.5 Å². The third-order valence-corrected chi connectivity index (χ3v) is 5.90. The zero-order chi connectivity index (χ0) is 13.9. The lowest BCUT2D eigenvalue weighted by atomic mass is 9.73. The van der Waals surface area contributed by atoms with Gasteiger partial charge in [0.05, 0.1) is 5.75 Å². The van der Waals surface area contributed by atoms with Gasteiger partial charge in [-0.3, -0.25) is 0 Å². The van der Waals surface area contributed by atoms with Crippen molar-refractivity contribution in [3.05, 3.63) is 34.9 Å². The Morgan fingerprint density at radius 1 is 1.21 bits per heavy atom. The van der Waals surface area contributed by atoms with Gasteiger partial charge in [0.15, 0.2) is 0 Å². The third kappa shape index (κ3) is 3.50. The molecule has 5 heteroatoms. The van der Waals surface area contributed by atoms with Gasteiger partial charge in [0, 0.05) is 29.3 Å². The minimum atomic E-state index is -2.91. The van der Waals surface area contributed by atoms with Gasteiger partial charge < -0.3 is 5.32 Å². The molecule has 0 amide bonds. The van der Waals surface area contributed by atoms with E-state index >= 15 is 0 Å². The molecule has 1 heterocycles. The van der Waals surface area contributed by atoms with Crippen molar-refractivity contribution in [3.63, 3.8) is 0 Å². The van der Waals surface area contributed by atoms with E-state index in [1.165, 1.54) is 5.56 Å². The van der Waals surface area contributed by atoms with E-state index in [4.69, 9.17) is 11.6 Å². The molecule has 1 fully saturated rings. The van der Waals surface area contributed by atoms with E-state index in [-0.39, 0.29) is 16.9 Å². The van der Waals surface area contributed by atoms with Crippen LogP contribution in [0.4, 0.5) is 0 Å². The molecule has 1 aromatic rings. The Bertz CT molecular complexity index is 521. The number of nitrogens with one attached hydrogen (secondary N) is 1. The van der Waals surface area contributed by atoms with E-state index in [9.17, 15) is 8.42 Å². The van der Waals surface area contributed by atoms with Crippen molar-refractivity contribution in [2.24, 2.45) is 0 Å². The molecule has 0 spiro atoms. The van der Waals surface area contributed by atoms with Crippen molar-refractivity contribution in [2.75, 3.05) is 24.6 Å². The number of hydrogen-bond donors (Lipinski definition) is 1. The van der Waals surface area contributed by atoms with Crippen molar-refractivity contribution in [2.45, 2.75) is 25.2 Å². The summed E-state index contributed by atoms with van der Waals surface area (Å²) >= 11 is 5.90. The number of sulfone groups is 1. The maximum Gasteiger partial charge on any atom is 0.150 e. The lowest BCUT2D eigenvalue weighted by molar-refractivity contribution is 0.268. The Balaban J connectivity index is 2.09. The van der Waals surface area contributed by atoms with Crippen LogP contribution in [-0.4, -0.2) is 33.0 Å². The lowest BCUT2D eigenvalue weighted by Crippen LogP contribution is -2.57. The zero-order valence-corrected chi connectivity index (χ0v) is 12.7. The molecule has 1 aliphatic rings. The Labute approximate surface area is 120 Å². The number of hydrogen-bond acceptors (Lipinski definition) is 3. The van der Waals surface area contributed by atoms with Gasteiger partial charge in [-0.1, -0.05) is 30.7 Å². The van der Waals surface area contributed by atoms with Crippen LogP contribution in [0, 0.1) is 0 Å². The summed E-state index contributed by atoms with van der Waals surface area (Å²) in [6, 6.07) is 7.76. The molecule has 19 heavy (non-hydrogen) atoms. The second-order valence-electron chi connectivity index (χ2n) is 5.29. The predicted octanol–water partition coefficient (Wildman–Crippen LogP) is 2.40. The fourth-order valence-electron chi connectivity index (χ4n) is 2.52. The van der Waals surface area contributed by atoms with Crippen LogP contribution in [0.3, 0.4) is 0 Å². The van der Waals surface area contributed by atoms with Crippen LogP contribution in [0.25, 0.3) is 0 Å². The summed E-state index contributed by atoms with van der Waals surface area (Å²) in [4.78, 5) is 0. The molecule has 2 rings (SSSR count). The largest absolute Gasteiger partial charge is 0.315 e. The highest BCUT2D eigenvalue weighted by molar-refractivity contribution is 7.91. The molecule has 1 aromatic carbocycles. The van der Waals surface area contributed by atoms with Gasteiger partial charge in [-0.2, -0.15) is 0 Å². The molecule has 1 aliphatic heterocycles. The highest BCUT2D eigenvalue weighted by Crippen LogP contribution is 2.33. The molecule has 1 saturated heterocycles. The molecule has 3 nitrogen and oxygen atoms in total. The molecule has 106 valence electrons. The monoisotopic (exact) mass is 301 g/mol. The van der Waals surface area contributed by atoms with E-state index in [1.807, 2.05) is 31.2 Å². The molecule has 0 aromatic heterocycles. The average molecular weight is 302 g/mol. The minimum absolute atomic E-state index is 0.0363. The van der Waals surface area contributed by atoms with Crippen molar-refractivity contribution in [3.8, 4) is 0 Å². The summed E-state index contributed by atoms with van der Waals surface area (Å²) < 4.78 is 23.7. The number of rotatable bonds is 6. The summed E-state index contributed by atoms with van der Waals surface area (Å²) in [5.41, 5.74) is 1.15. The number of benzene rings is 1. The van der Waals surface area contributed by atoms with Crippen molar-refractivity contribution >= 4 is 21.4 Å². The van der Waals surface area contributed by atoms with E-state index in [2.05, 4.69) is 5.32 Å². The van der Waals surface area contributed by atoms with E-state index in [0.717, 1.165) is 13.1 Å². The fraction of sp³-hybridized carbons (Fsp3) is 0.571. The van der Waals surface area contributed by atoms with Crippen LogP contribution in [0.2, 0.25) is 5.02 Å². The molecule has 0 atom stereocenters. The van der Waals surface area contributed by atoms with E-state index in [1.54, 1.807) is 0 Å². The SMILES string of the molecule is CCCS(=O)(=O)CCC1(c2ccc(Cl)cc2)CNC1. The Morgan fingerprint density at radius 3 is 2.32 bits per heavy atom. The van der Waals surface area contributed by atoms with Gasteiger partial charge in [-0.15, -0.1) is 0 Å². The first kappa shape index (κ1) is 14.8. The van der Waals surface area contributed by atoms with Gasteiger partial charge in [0.25, 0.3) is 0 Å². The maximum atomic E-state index is 11.9. The Hall–Kier alpha value is -0.580. The van der Waals surface area contributed by atoms with Crippen LogP contribution < -0.4 is 5.32 Å². The van der Waals surface area contributed by atoms with E-state index in [0.29, 0.717) is 17.9 Å². The van der Waals surface area contributed by atoms with Crippen LogP contribution in [-0.2, 0) is 15.3 Å². The van der Waals surface area contributed by atoms with Crippen LogP contribution >= 0.6 is 11.6 Å². The fourth-order valence-corrected chi connectivity index (χ4v) is 4.17. The molecular formula is C14H20ClNO2S. The van der Waals surface area contributed by atoms with E-state index < -0.39 is 9.84 Å². The summed E-state index contributed by atoms with van der Waals surface area (Å²) in [6.07, 6.45) is 1.37. The van der Waals surface area contributed by atoms with Gasteiger partial charge in [-0.25, -0.2) is 8.42 Å². The minimum Gasteiger partial charge on any atom is -0.315 e. The standard InChI is InChI=1S/C14H20ClNO2S/c1-2-8-19(17,18)9-7-14(10-16-11-14)12-3-5-13(15)6-4-12/h3-6,16H,2,7-11H2,1H3. The average Bonchev–Trinajstić information content (AvgIpc) is 2.29. The lowest BCUT2D eigenvalue weighted by Gasteiger charge is -2.43. The van der Waals surface area contributed by atoms with Crippen molar-refractivity contribution < 1.29 is 8.42 Å². The predicted molar refractivity (Wildman–Crippen MR) is 79.6 cm³/mol. The summed E-state index contributed by atoms with van der Waals surface area (Å²) in [5, 5.41) is 3.97. The molecule has 0 unspecified atom stereocenters. The molecule has 0 aliphatic carbocycles. The summed E-state index contributed by atoms with van der Waals surface area (Å²) in [6.45, 7) is 3.59. The van der Waals surface area contributed by atoms with Gasteiger partial charge in [0.2, 0.25) is 0 Å². The number of halogens is 1. The molecule has 0 bridgehead atoms. The second-order valence-corrected chi connectivity index (χ2v) is 8.03. The van der Waals surface area contributed by atoms with Gasteiger partial charge in [0.1, 0.15) is 9.84 Å². The first-order valence-electron chi connectivity index (χ1n) is 6.65. The van der Waals surface area contributed by atoms with Crippen molar-refractivity contribution in [1.82, 2.24) is 5.32 Å². The summed E-state index contributed by atoms with van der Waals surface area (Å²) in [5.74, 6) is 0.558. The quantitative estimate of drug-likeness (QED) is 0.877. The highest BCUT2D eigenvalue weighted by Gasteiger charge is 2.39. The topological polar surface area (TPSA) is 46.2 Å². The van der Waals surface area contributed by atoms with Crippen LogP contribution in [0.5, 0.6) is 0 Å². The first-order chi connectivity index (χ1) is 8.97. The zero-order valence-electron chi connectivity index (χ0n) is 11.2. The molecule has 0 radical (unpaired) electrons. The van der Waals surface area contributed by atoms with Gasteiger partial charge >= 0.3 is 0 Å². The highest BCUT2D eigenvalue weighted by atomic mass is 35.5. The Morgan fingerprint density at radius 2 is 1.84 bits per heavy atom. The van der Waals surface area contributed by atoms with Crippen LogP contribution in [0.1, 0.15) is 25.3 Å². The molecule has 0 saturated carbocycles. The third-order valence-electron chi connectivity index (χ3n) is 3.79. The molecule has 1 N–H and O–H groups in total.